The molecule has 0 aliphatic rings. The van der Waals surface area contributed by atoms with E-state index in [4.69, 9.17) is 0 Å². The summed E-state index contributed by atoms with van der Waals surface area (Å²) in [6.07, 6.45) is 1.77. The van der Waals surface area contributed by atoms with E-state index in [2.05, 4.69) is 4.72 Å². The van der Waals surface area contributed by atoms with Gasteiger partial charge in [0.2, 0.25) is 10.0 Å². The third-order valence-corrected chi connectivity index (χ3v) is 4.63. The first kappa shape index (κ1) is 16.4. The van der Waals surface area contributed by atoms with Gasteiger partial charge in [0.05, 0.1) is 5.60 Å². The molecule has 1 aromatic rings. The Morgan fingerprint density at radius 2 is 2.05 bits per heavy atom. The molecule has 0 fully saturated rings. The van der Waals surface area contributed by atoms with Crippen LogP contribution in [0.5, 0.6) is 0 Å². The topological polar surface area (TPSA) is 66.4 Å². The predicted molar refractivity (Wildman–Crippen MR) is 70.6 cm³/mol. The molecule has 8 heteroatoms. The summed E-state index contributed by atoms with van der Waals surface area (Å²) in [4.78, 5) is -0.645. The van der Waals surface area contributed by atoms with Crippen molar-refractivity contribution >= 4 is 21.8 Å². The summed E-state index contributed by atoms with van der Waals surface area (Å²) in [5, 5.41) is 9.84. The Hall–Kier alpha value is -0.700. The molecule has 4 nitrogen and oxygen atoms in total. The zero-order valence-electron chi connectivity index (χ0n) is 10.5. The molecular formula is C11H15F2NO3S2. The Kier molecular flexibility index (Phi) is 5.31. The van der Waals surface area contributed by atoms with Gasteiger partial charge in [0.1, 0.15) is 16.5 Å². The lowest BCUT2D eigenvalue weighted by atomic mass is 10.1. The minimum absolute atomic E-state index is 0.257. The first-order valence-electron chi connectivity index (χ1n) is 5.34. The molecule has 0 heterocycles. The number of halogens is 2. The lowest BCUT2D eigenvalue weighted by molar-refractivity contribution is 0.0908. The summed E-state index contributed by atoms with van der Waals surface area (Å²) in [5.41, 5.74) is -1.25. The Labute approximate surface area is 115 Å². The summed E-state index contributed by atoms with van der Waals surface area (Å²) in [6, 6.07) is 2.20. The minimum Gasteiger partial charge on any atom is -0.388 e. The van der Waals surface area contributed by atoms with Crippen LogP contribution in [0.15, 0.2) is 23.1 Å². The SMILES string of the molecule is CSC[C@](C)(O)CNS(=O)(=O)c1ccc(F)cc1F. The van der Waals surface area contributed by atoms with Gasteiger partial charge in [-0.2, -0.15) is 11.8 Å². The molecule has 2 N–H and O–H groups in total. The van der Waals surface area contributed by atoms with E-state index in [1.807, 2.05) is 0 Å². The van der Waals surface area contributed by atoms with Crippen LogP contribution in [0.4, 0.5) is 8.78 Å². The number of hydrogen-bond donors (Lipinski definition) is 2. The molecule has 0 bridgehead atoms. The molecule has 1 aromatic carbocycles. The maximum Gasteiger partial charge on any atom is 0.243 e. The van der Waals surface area contributed by atoms with Gasteiger partial charge >= 0.3 is 0 Å². The molecule has 0 saturated heterocycles. The van der Waals surface area contributed by atoms with Gasteiger partial charge in [-0.25, -0.2) is 21.9 Å². The Balaban J connectivity index is 2.87. The van der Waals surface area contributed by atoms with Crippen LogP contribution < -0.4 is 4.72 Å². The molecule has 108 valence electrons. The first-order chi connectivity index (χ1) is 8.68. The van der Waals surface area contributed by atoms with Crippen molar-refractivity contribution in [2.75, 3.05) is 18.6 Å². The maximum atomic E-state index is 13.4. The average Bonchev–Trinajstić information content (AvgIpc) is 2.26. The molecule has 0 saturated carbocycles. The highest BCUT2D eigenvalue weighted by atomic mass is 32.2. The van der Waals surface area contributed by atoms with Gasteiger partial charge < -0.3 is 5.11 Å². The number of sulfonamides is 1. The lowest BCUT2D eigenvalue weighted by Crippen LogP contribution is -2.42. The van der Waals surface area contributed by atoms with Crippen LogP contribution in [0, 0.1) is 11.6 Å². The molecule has 0 amide bonds. The van der Waals surface area contributed by atoms with Gasteiger partial charge in [-0.1, -0.05) is 0 Å². The van der Waals surface area contributed by atoms with E-state index in [0.29, 0.717) is 11.8 Å². The maximum absolute atomic E-state index is 13.4. The Morgan fingerprint density at radius 3 is 2.58 bits per heavy atom. The smallest absolute Gasteiger partial charge is 0.243 e. The van der Waals surface area contributed by atoms with Crippen LogP contribution in [0.3, 0.4) is 0 Å². The number of aliphatic hydroxyl groups is 1. The minimum atomic E-state index is -4.12. The van der Waals surface area contributed by atoms with Crippen molar-refractivity contribution in [2.24, 2.45) is 0 Å². The van der Waals surface area contributed by atoms with E-state index in [0.717, 1.165) is 12.1 Å². The van der Waals surface area contributed by atoms with Gasteiger partial charge in [0.15, 0.2) is 0 Å². The Morgan fingerprint density at radius 1 is 1.42 bits per heavy atom. The van der Waals surface area contributed by atoms with Crippen molar-refractivity contribution in [3.05, 3.63) is 29.8 Å². The van der Waals surface area contributed by atoms with E-state index in [9.17, 15) is 22.3 Å². The molecule has 1 atom stereocenters. The molecule has 0 aromatic heterocycles. The molecular weight excluding hydrogens is 296 g/mol. The number of thioether (sulfide) groups is 1. The fourth-order valence-electron chi connectivity index (χ4n) is 1.38. The molecule has 0 aliphatic heterocycles. The van der Waals surface area contributed by atoms with Gasteiger partial charge in [0, 0.05) is 18.4 Å². The van der Waals surface area contributed by atoms with E-state index in [1.54, 1.807) is 6.26 Å². The van der Waals surface area contributed by atoms with Crippen LogP contribution in [-0.2, 0) is 10.0 Å². The van der Waals surface area contributed by atoms with E-state index in [1.165, 1.54) is 18.7 Å². The number of benzene rings is 1. The zero-order chi connectivity index (χ0) is 14.7. The number of hydrogen-bond acceptors (Lipinski definition) is 4. The average molecular weight is 311 g/mol. The van der Waals surface area contributed by atoms with Gasteiger partial charge in [-0.3, -0.25) is 0 Å². The quantitative estimate of drug-likeness (QED) is 0.832. The van der Waals surface area contributed by atoms with Crippen LogP contribution in [-0.4, -0.2) is 37.7 Å². The molecule has 0 aliphatic carbocycles. The van der Waals surface area contributed by atoms with Crippen molar-refractivity contribution in [3.63, 3.8) is 0 Å². The zero-order valence-corrected chi connectivity index (χ0v) is 12.1. The van der Waals surface area contributed by atoms with Gasteiger partial charge in [-0.05, 0) is 25.3 Å². The third-order valence-electron chi connectivity index (χ3n) is 2.28. The molecule has 0 spiro atoms. The van der Waals surface area contributed by atoms with E-state index < -0.39 is 32.2 Å². The second kappa shape index (κ2) is 6.17. The van der Waals surface area contributed by atoms with Crippen LogP contribution in [0.25, 0.3) is 0 Å². The molecule has 0 radical (unpaired) electrons. The summed E-state index contributed by atoms with van der Waals surface area (Å²) in [7, 11) is -4.12. The van der Waals surface area contributed by atoms with Crippen molar-refractivity contribution < 1.29 is 22.3 Å². The second-order valence-corrected chi connectivity index (χ2v) is 6.93. The van der Waals surface area contributed by atoms with Crippen molar-refractivity contribution in [3.8, 4) is 0 Å². The standard InChI is InChI=1S/C11H15F2NO3S2/c1-11(15,7-18-2)6-14-19(16,17)10-4-3-8(12)5-9(10)13/h3-5,14-15H,6-7H2,1-2H3/t11-/m1/s1. The van der Waals surface area contributed by atoms with E-state index in [-0.39, 0.29) is 6.54 Å². The highest BCUT2D eigenvalue weighted by Crippen LogP contribution is 2.16. The predicted octanol–water partition coefficient (Wildman–Crippen LogP) is 1.36. The van der Waals surface area contributed by atoms with Gasteiger partial charge in [-0.15, -0.1) is 0 Å². The molecule has 1 rings (SSSR count). The second-order valence-electron chi connectivity index (χ2n) is 4.33. The van der Waals surface area contributed by atoms with Crippen molar-refractivity contribution in [1.82, 2.24) is 4.72 Å². The molecule has 0 unspecified atom stereocenters. The highest BCUT2D eigenvalue weighted by Gasteiger charge is 2.25. The summed E-state index contributed by atoms with van der Waals surface area (Å²) >= 11 is 1.35. The van der Waals surface area contributed by atoms with E-state index >= 15 is 0 Å². The van der Waals surface area contributed by atoms with Crippen LogP contribution in [0.1, 0.15) is 6.92 Å². The lowest BCUT2D eigenvalue weighted by Gasteiger charge is -2.22. The Bertz CT molecular complexity index is 547. The summed E-state index contributed by atoms with van der Waals surface area (Å²) in [6.45, 7) is 1.21. The monoisotopic (exact) mass is 311 g/mol. The van der Waals surface area contributed by atoms with Crippen molar-refractivity contribution in [2.45, 2.75) is 17.4 Å². The third kappa shape index (κ3) is 4.72. The normalized spacial score (nSPS) is 15.2. The summed E-state index contributed by atoms with van der Waals surface area (Å²) < 4.78 is 51.9. The van der Waals surface area contributed by atoms with Gasteiger partial charge in [0.25, 0.3) is 0 Å². The van der Waals surface area contributed by atoms with Crippen LogP contribution in [0.2, 0.25) is 0 Å². The fraction of sp³-hybridized carbons (Fsp3) is 0.455. The number of nitrogens with one attached hydrogen (secondary N) is 1. The van der Waals surface area contributed by atoms with Crippen molar-refractivity contribution in [1.29, 1.82) is 0 Å². The number of rotatable bonds is 6. The fourth-order valence-corrected chi connectivity index (χ4v) is 3.33. The largest absolute Gasteiger partial charge is 0.388 e. The summed E-state index contributed by atoms with van der Waals surface area (Å²) in [5.74, 6) is -1.70. The first-order valence-corrected chi connectivity index (χ1v) is 8.22. The van der Waals surface area contributed by atoms with Crippen LogP contribution >= 0.6 is 11.8 Å². The molecule has 19 heavy (non-hydrogen) atoms. The highest BCUT2D eigenvalue weighted by molar-refractivity contribution is 7.98.